The second-order valence-corrected chi connectivity index (χ2v) is 13.6. The Hall–Kier alpha value is -4.50. The Balaban J connectivity index is 1.82. The van der Waals surface area contributed by atoms with Gasteiger partial charge in [-0.3, -0.25) is 13.9 Å². The number of carbonyl (C=O) groups is 2. The van der Waals surface area contributed by atoms with Crippen LogP contribution in [0.3, 0.4) is 0 Å². The van der Waals surface area contributed by atoms with Gasteiger partial charge in [0.05, 0.1) is 10.6 Å². The third kappa shape index (κ3) is 8.32. The van der Waals surface area contributed by atoms with Gasteiger partial charge >= 0.3 is 0 Å². The summed E-state index contributed by atoms with van der Waals surface area (Å²) in [5, 5.41) is 3.02. The summed E-state index contributed by atoms with van der Waals surface area (Å²) in [7, 11) is -4.25. The Bertz CT molecular complexity index is 1670. The smallest absolute Gasteiger partial charge is 0.264 e. The van der Waals surface area contributed by atoms with Gasteiger partial charge in [-0.2, -0.15) is 0 Å². The SMILES string of the molecule is Cc1ccccc1CN(C(=O)CN(c1ccc(F)cc1)S(=O)(=O)c1ccccc1)[C@@H](Cc1ccccc1)C(=O)NC(C)(C)C. The molecule has 0 saturated heterocycles. The van der Waals surface area contributed by atoms with E-state index in [1.165, 1.54) is 29.2 Å². The number of carbonyl (C=O) groups excluding carboxylic acids is 2. The molecule has 2 amide bonds. The van der Waals surface area contributed by atoms with E-state index in [1.807, 2.05) is 82.3 Å². The van der Waals surface area contributed by atoms with E-state index in [4.69, 9.17) is 0 Å². The van der Waals surface area contributed by atoms with Crippen LogP contribution >= 0.6 is 0 Å². The predicted octanol–water partition coefficient (Wildman–Crippen LogP) is 5.88. The van der Waals surface area contributed by atoms with E-state index < -0.39 is 39.9 Å². The molecule has 7 nitrogen and oxygen atoms in total. The molecular weight excluding hydrogens is 577 g/mol. The molecule has 0 aromatic heterocycles. The number of anilines is 1. The van der Waals surface area contributed by atoms with Crippen molar-refractivity contribution in [2.24, 2.45) is 0 Å². The van der Waals surface area contributed by atoms with Crippen molar-refractivity contribution in [2.75, 3.05) is 10.8 Å². The van der Waals surface area contributed by atoms with Crippen molar-refractivity contribution < 1.29 is 22.4 Å². The van der Waals surface area contributed by atoms with E-state index in [0.717, 1.165) is 33.1 Å². The minimum atomic E-state index is -4.25. The van der Waals surface area contributed by atoms with Crippen LogP contribution in [0.2, 0.25) is 0 Å². The minimum Gasteiger partial charge on any atom is -0.350 e. The van der Waals surface area contributed by atoms with Gasteiger partial charge in [-0.15, -0.1) is 0 Å². The third-order valence-corrected chi connectivity index (χ3v) is 8.88. The first-order valence-electron chi connectivity index (χ1n) is 14.4. The van der Waals surface area contributed by atoms with E-state index in [0.29, 0.717) is 0 Å². The number of nitrogens with zero attached hydrogens (tertiary/aromatic N) is 2. The number of rotatable bonds is 11. The lowest BCUT2D eigenvalue weighted by molar-refractivity contribution is -0.140. The molecule has 0 bridgehead atoms. The van der Waals surface area contributed by atoms with E-state index in [-0.39, 0.29) is 29.5 Å². The molecule has 1 N–H and O–H groups in total. The Labute approximate surface area is 259 Å². The summed E-state index contributed by atoms with van der Waals surface area (Å²) >= 11 is 0. The van der Waals surface area contributed by atoms with Crippen LogP contribution in [-0.4, -0.2) is 43.3 Å². The number of aryl methyl sites for hydroxylation is 1. The maximum atomic E-state index is 14.5. The average molecular weight is 616 g/mol. The Morgan fingerprint density at radius 3 is 1.98 bits per heavy atom. The molecule has 4 aromatic carbocycles. The van der Waals surface area contributed by atoms with Crippen LogP contribution < -0.4 is 9.62 Å². The molecular formula is C35H38FN3O4S. The van der Waals surface area contributed by atoms with E-state index in [9.17, 15) is 22.4 Å². The quantitative estimate of drug-likeness (QED) is 0.228. The lowest BCUT2D eigenvalue weighted by Gasteiger charge is -2.35. The standard InChI is InChI=1S/C35H38FN3O4S/c1-26-13-11-12-16-28(26)24-38(32(34(41)37-35(2,3)4)23-27-14-7-5-8-15-27)33(40)25-39(30-21-19-29(36)20-22-30)44(42,43)31-17-9-6-10-18-31/h5-22,32H,23-25H2,1-4H3,(H,37,41)/t32-/m0/s1. The normalized spacial score (nSPS) is 12.3. The second-order valence-electron chi connectivity index (χ2n) is 11.7. The molecule has 0 saturated carbocycles. The van der Waals surface area contributed by atoms with Crippen LogP contribution in [0.5, 0.6) is 0 Å². The van der Waals surface area contributed by atoms with Crippen molar-refractivity contribution in [2.45, 2.75) is 57.1 Å². The molecule has 0 heterocycles. The summed E-state index contributed by atoms with van der Waals surface area (Å²) in [6, 6.07) is 28.7. The molecule has 0 aliphatic heterocycles. The molecule has 9 heteroatoms. The zero-order valence-electron chi connectivity index (χ0n) is 25.4. The van der Waals surface area contributed by atoms with Gasteiger partial charge in [-0.25, -0.2) is 12.8 Å². The fourth-order valence-electron chi connectivity index (χ4n) is 4.83. The van der Waals surface area contributed by atoms with Crippen molar-refractivity contribution in [1.82, 2.24) is 10.2 Å². The molecule has 0 unspecified atom stereocenters. The van der Waals surface area contributed by atoms with Crippen molar-refractivity contribution in [3.63, 3.8) is 0 Å². The molecule has 0 aliphatic rings. The van der Waals surface area contributed by atoms with E-state index in [2.05, 4.69) is 5.32 Å². The molecule has 0 fully saturated rings. The average Bonchev–Trinajstić information content (AvgIpc) is 2.99. The van der Waals surface area contributed by atoms with Crippen LogP contribution in [0.15, 0.2) is 114 Å². The summed E-state index contributed by atoms with van der Waals surface area (Å²) in [5.74, 6) is -1.48. The van der Waals surface area contributed by atoms with Crippen molar-refractivity contribution in [3.8, 4) is 0 Å². The summed E-state index contributed by atoms with van der Waals surface area (Å²) < 4.78 is 42.8. The number of hydrogen-bond donors (Lipinski definition) is 1. The van der Waals surface area contributed by atoms with Crippen LogP contribution in [0.4, 0.5) is 10.1 Å². The fourth-order valence-corrected chi connectivity index (χ4v) is 6.27. The number of benzene rings is 4. The maximum absolute atomic E-state index is 14.5. The number of amides is 2. The molecule has 1 atom stereocenters. The number of halogens is 1. The number of hydrogen-bond acceptors (Lipinski definition) is 4. The van der Waals surface area contributed by atoms with Gasteiger partial charge in [-0.1, -0.05) is 72.8 Å². The highest BCUT2D eigenvalue weighted by Crippen LogP contribution is 2.26. The van der Waals surface area contributed by atoms with Gasteiger partial charge in [0.2, 0.25) is 11.8 Å². The maximum Gasteiger partial charge on any atom is 0.264 e. The van der Waals surface area contributed by atoms with Gasteiger partial charge < -0.3 is 10.2 Å². The molecule has 44 heavy (non-hydrogen) atoms. The van der Waals surface area contributed by atoms with E-state index in [1.54, 1.807) is 18.2 Å². The first-order chi connectivity index (χ1) is 20.8. The molecule has 0 spiro atoms. The lowest BCUT2D eigenvalue weighted by atomic mass is 10.00. The van der Waals surface area contributed by atoms with E-state index >= 15 is 0 Å². The Kier molecular flexibility index (Phi) is 10.2. The van der Waals surface area contributed by atoms with Crippen LogP contribution in [0.1, 0.15) is 37.5 Å². The highest BCUT2D eigenvalue weighted by atomic mass is 32.2. The van der Waals surface area contributed by atoms with Gasteiger partial charge in [0.15, 0.2) is 0 Å². The first kappa shape index (κ1) is 32.4. The van der Waals surface area contributed by atoms with Crippen molar-refractivity contribution in [1.29, 1.82) is 0 Å². The third-order valence-electron chi connectivity index (χ3n) is 7.10. The van der Waals surface area contributed by atoms with Gasteiger partial charge in [0.25, 0.3) is 10.0 Å². The molecule has 4 aromatic rings. The fraction of sp³-hybridized carbons (Fsp3) is 0.257. The predicted molar refractivity (Wildman–Crippen MR) is 171 cm³/mol. The Morgan fingerprint density at radius 2 is 1.39 bits per heavy atom. The van der Waals surface area contributed by atoms with Crippen LogP contribution in [-0.2, 0) is 32.6 Å². The summed E-state index contributed by atoms with van der Waals surface area (Å²) in [6.45, 7) is 6.97. The Morgan fingerprint density at radius 1 is 0.818 bits per heavy atom. The van der Waals surface area contributed by atoms with Gasteiger partial charge in [0.1, 0.15) is 18.4 Å². The summed E-state index contributed by atoms with van der Waals surface area (Å²) in [5.41, 5.74) is 2.13. The zero-order valence-corrected chi connectivity index (χ0v) is 26.2. The molecule has 0 radical (unpaired) electrons. The van der Waals surface area contributed by atoms with Crippen LogP contribution in [0, 0.1) is 12.7 Å². The highest BCUT2D eigenvalue weighted by Gasteiger charge is 2.35. The topological polar surface area (TPSA) is 86.8 Å². The molecule has 230 valence electrons. The largest absolute Gasteiger partial charge is 0.350 e. The summed E-state index contributed by atoms with van der Waals surface area (Å²) in [4.78, 5) is 29.8. The lowest BCUT2D eigenvalue weighted by Crippen LogP contribution is -2.56. The minimum absolute atomic E-state index is 0.0195. The van der Waals surface area contributed by atoms with Gasteiger partial charge in [0, 0.05) is 18.5 Å². The van der Waals surface area contributed by atoms with Crippen LogP contribution in [0.25, 0.3) is 0 Å². The highest BCUT2D eigenvalue weighted by molar-refractivity contribution is 7.92. The van der Waals surface area contributed by atoms with Gasteiger partial charge in [-0.05, 0) is 80.8 Å². The van der Waals surface area contributed by atoms with Crippen molar-refractivity contribution >= 4 is 27.5 Å². The summed E-state index contributed by atoms with van der Waals surface area (Å²) in [6.07, 6.45) is 0.211. The first-order valence-corrected chi connectivity index (χ1v) is 15.8. The number of sulfonamides is 1. The zero-order chi connectivity index (χ0) is 31.9. The second kappa shape index (κ2) is 13.9. The molecule has 0 aliphatic carbocycles. The van der Waals surface area contributed by atoms with Crippen molar-refractivity contribution in [3.05, 3.63) is 132 Å². The molecule has 4 rings (SSSR count). The number of nitrogens with one attached hydrogen (secondary N) is 1. The monoisotopic (exact) mass is 615 g/mol.